The number of amides is 1. The molecule has 1 N–H and O–H groups in total. The maximum atomic E-state index is 12.7. The van der Waals surface area contributed by atoms with Gasteiger partial charge in [-0.3, -0.25) is 4.79 Å². The van der Waals surface area contributed by atoms with Gasteiger partial charge in [-0.05, 0) is 39.0 Å². The van der Waals surface area contributed by atoms with Crippen LogP contribution in [0.1, 0.15) is 43.0 Å². The minimum Gasteiger partial charge on any atom is -0.491 e. The van der Waals surface area contributed by atoms with Crippen molar-refractivity contribution in [2.45, 2.75) is 39.2 Å². The monoisotopic (exact) mass is 403 g/mol. The van der Waals surface area contributed by atoms with E-state index in [0.29, 0.717) is 23.7 Å². The summed E-state index contributed by atoms with van der Waals surface area (Å²) in [6, 6.07) is 11.5. The lowest BCUT2D eigenvalue weighted by Gasteiger charge is -2.26. The number of aryl methyl sites for hydroxylation is 1. The van der Waals surface area contributed by atoms with E-state index in [9.17, 15) is 4.79 Å². The van der Waals surface area contributed by atoms with Gasteiger partial charge in [-0.15, -0.1) is 15.3 Å². The Morgan fingerprint density at radius 2 is 2.00 bits per heavy atom. The van der Waals surface area contributed by atoms with Crippen molar-refractivity contribution in [1.82, 2.24) is 29.6 Å². The third-order valence-electron chi connectivity index (χ3n) is 5.12. The second-order valence-electron chi connectivity index (χ2n) is 7.59. The smallest absolute Gasteiger partial charge is 0.226 e. The molecule has 1 aromatic carbocycles. The molecule has 1 aliphatic heterocycles. The number of nitrogens with zero attached hydrogens (tertiary/aromatic N) is 6. The van der Waals surface area contributed by atoms with Crippen LogP contribution >= 0.6 is 0 Å². The van der Waals surface area contributed by atoms with Gasteiger partial charge in [0.1, 0.15) is 17.9 Å². The number of nitrogens with one attached hydrogen (secondary N) is 1. The number of para-hydroxylation sites is 1. The van der Waals surface area contributed by atoms with Crippen molar-refractivity contribution in [3.63, 3.8) is 0 Å². The molecule has 5 rings (SSSR count). The van der Waals surface area contributed by atoms with E-state index in [0.717, 1.165) is 22.6 Å². The summed E-state index contributed by atoms with van der Waals surface area (Å²) < 4.78 is 9.27. The summed E-state index contributed by atoms with van der Waals surface area (Å²) in [6.45, 7) is 5.93. The van der Waals surface area contributed by atoms with E-state index >= 15 is 0 Å². The number of carbonyl (C=O) groups is 1. The van der Waals surface area contributed by atoms with Crippen LogP contribution in [0.15, 0.2) is 42.7 Å². The van der Waals surface area contributed by atoms with Gasteiger partial charge in [0, 0.05) is 23.5 Å². The maximum absolute atomic E-state index is 12.7. The molecule has 30 heavy (non-hydrogen) atoms. The average Bonchev–Trinajstić information content (AvgIpc) is 3.31. The highest BCUT2D eigenvalue weighted by molar-refractivity contribution is 5.95. The molecule has 4 aromatic rings. The van der Waals surface area contributed by atoms with E-state index < -0.39 is 0 Å². The third-order valence-corrected chi connectivity index (χ3v) is 5.12. The molecule has 152 valence electrons. The van der Waals surface area contributed by atoms with Crippen molar-refractivity contribution in [1.29, 1.82) is 0 Å². The number of fused-ring (bicyclic) bond motifs is 2. The number of hydrogen-bond donors (Lipinski definition) is 1. The molecular formula is C21H21N7O2. The second-order valence-corrected chi connectivity index (χ2v) is 7.59. The zero-order valence-electron chi connectivity index (χ0n) is 16.9. The second kappa shape index (κ2) is 6.94. The van der Waals surface area contributed by atoms with Gasteiger partial charge >= 0.3 is 0 Å². The number of carbonyl (C=O) groups excluding carboxylic acids is 1. The molecular weight excluding hydrogens is 382 g/mol. The van der Waals surface area contributed by atoms with Gasteiger partial charge in [0.15, 0.2) is 11.5 Å². The number of rotatable bonds is 4. The summed E-state index contributed by atoms with van der Waals surface area (Å²) in [5, 5.41) is 20.1. The first-order valence-electron chi connectivity index (χ1n) is 9.83. The number of ether oxygens (including phenoxy) is 1. The van der Waals surface area contributed by atoms with Crippen molar-refractivity contribution in [2.75, 3.05) is 5.32 Å². The highest BCUT2D eigenvalue weighted by atomic mass is 16.5. The van der Waals surface area contributed by atoms with E-state index in [1.54, 1.807) is 9.20 Å². The molecule has 4 heterocycles. The third kappa shape index (κ3) is 2.99. The van der Waals surface area contributed by atoms with E-state index in [-0.39, 0.29) is 17.9 Å². The Hall–Kier alpha value is -3.75. The van der Waals surface area contributed by atoms with Gasteiger partial charge in [0.2, 0.25) is 5.91 Å². The summed E-state index contributed by atoms with van der Waals surface area (Å²) >= 11 is 0. The molecule has 9 heteroatoms. The number of aromatic nitrogens is 6. The SMILES string of the molecule is Cc1nn(-c2ccc3nncn3n2)c2c1[C@H](c1ccccc1OC(C)C)CC(=O)N2. The van der Waals surface area contributed by atoms with Crippen LogP contribution in [-0.4, -0.2) is 41.6 Å². The molecule has 1 atom stereocenters. The predicted molar refractivity (Wildman–Crippen MR) is 110 cm³/mol. The van der Waals surface area contributed by atoms with Crippen molar-refractivity contribution in [3.8, 4) is 11.6 Å². The van der Waals surface area contributed by atoms with Crippen LogP contribution in [0.5, 0.6) is 5.75 Å². The van der Waals surface area contributed by atoms with E-state index in [4.69, 9.17) is 9.84 Å². The molecule has 0 fully saturated rings. The van der Waals surface area contributed by atoms with E-state index in [2.05, 4.69) is 20.6 Å². The van der Waals surface area contributed by atoms with Crippen molar-refractivity contribution in [2.24, 2.45) is 0 Å². The Bertz CT molecular complexity index is 1260. The fourth-order valence-electron chi connectivity index (χ4n) is 3.94. The summed E-state index contributed by atoms with van der Waals surface area (Å²) in [6.07, 6.45) is 1.89. The van der Waals surface area contributed by atoms with E-state index in [1.807, 2.05) is 57.2 Å². The Morgan fingerprint density at radius 3 is 2.83 bits per heavy atom. The van der Waals surface area contributed by atoms with Gasteiger partial charge in [0.05, 0.1) is 11.8 Å². The Morgan fingerprint density at radius 1 is 1.17 bits per heavy atom. The van der Waals surface area contributed by atoms with Gasteiger partial charge < -0.3 is 10.1 Å². The molecule has 0 bridgehead atoms. The zero-order valence-corrected chi connectivity index (χ0v) is 16.9. The van der Waals surface area contributed by atoms with Gasteiger partial charge in [-0.1, -0.05) is 18.2 Å². The van der Waals surface area contributed by atoms with Gasteiger partial charge in [-0.25, -0.2) is 0 Å². The summed E-state index contributed by atoms with van der Waals surface area (Å²) in [7, 11) is 0. The normalized spacial score (nSPS) is 16.0. The molecule has 0 radical (unpaired) electrons. The van der Waals surface area contributed by atoms with Crippen LogP contribution < -0.4 is 10.1 Å². The Balaban J connectivity index is 1.65. The molecule has 0 spiro atoms. The molecule has 0 unspecified atom stereocenters. The van der Waals surface area contributed by atoms with Crippen LogP contribution in [0.2, 0.25) is 0 Å². The number of hydrogen-bond acceptors (Lipinski definition) is 6. The molecule has 0 saturated heterocycles. The lowest BCUT2D eigenvalue weighted by atomic mass is 9.85. The average molecular weight is 403 g/mol. The molecule has 0 aliphatic carbocycles. The molecule has 9 nitrogen and oxygen atoms in total. The number of anilines is 1. The summed E-state index contributed by atoms with van der Waals surface area (Å²) in [5.74, 6) is 1.76. The van der Waals surface area contributed by atoms with Crippen LogP contribution in [-0.2, 0) is 4.79 Å². The molecule has 1 amide bonds. The zero-order chi connectivity index (χ0) is 20.8. The summed E-state index contributed by atoms with van der Waals surface area (Å²) in [5.41, 5.74) is 3.42. The van der Waals surface area contributed by atoms with Crippen LogP contribution in [0, 0.1) is 6.92 Å². The minimum atomic E-state index is -0.156. The van der Waals surface area contributed by atoms with Crippen LogP contribution in [0.4, 0.5) is 5.82 Å². The first kappa shape index (κ1) is 18.3. The lowest BCUT2D eigenvalue weighted by molar-refractivity contribution is -0.116. The Kier molecular flexibility index (Phi) is 4.23. The standard InChI is InChI=1S/C21H21N7O2/c1-12(2)30-16-7-5-4-6-14(16)15-10-19(29)23-21-20(15)13(3)25-28(21)18-9-8-17-24-22-11-27(17)26-18/h4-9,11-12,15H,10H2,1-3H3,(H,23,29)/t15-/m0/s1. The van der Waals surface area contributed by atoms with E-state index in [1.165, 1.54) is 6.33 Å². The quantitative estimate of drug-likeness (QED) is 0.562. The predicted octanol–water partition coefficient (Wildman–Crippen LogP) is 2.88. The van der Waals surface area contributed by atoms with Gasteiger partial charge in [0.25, 0.3) is 0 Å². The first-order valence-corrected chi connectivity index (χ1v) is 9.83. The number of benzene rings is 1. The van der Waals surface area contributed by atoms with Crippen molar-refractivity contribution < 1.29 is 9.53 Å². The fourth-order valence-corrected chi connectivity index (χ4v) is 3.94. The highest BCUT2D eigenvalue weighted by Crippen LogP contribution is 2.43. The van der Waals surface area contributed by atoms with Crippen LogP contribution in [0.25, 0.3) is 11.5 Å². The van der Waals surface area contributed by atoms with Crippen molar-refractivity contribution in [3.05, 3.63) is 59.5 Å². The minimum absolute atomic E-state index is 0.0339. The Labute approximate surface area is 172 Å². The molecule has 0 saturated carbocycles. The van der Waals surface area contributed by atoms with Crippen LogP contribution in [0.3, 0.4) is 0 Å². The van der Waals surface area contributed by atoms with Crippen molar-refractivity contribution >= 4 is 17.4 Å². The molecule has 1 aliphatic rings. The maximum Gasteiger partial charge on any atom is 0.226 e. The topological polar surface area (TPSA) is 99.2 Å². The fraction of sp³-hybridized carbons (Fsp3) is 0.286. The first-order chi connectivity index (χ1) is 14.5. The molecule has 3 aromatic heterocycles. The largest absolute Gasteiger partial charge is 0.491 e. The lowest BCUT2D eigenvalue weighted by Crippen LogP contribution is -2.25. The summed E-state index contributed by atoms with van der Waals surface area (Å²) in [4.78, 5) is 12.7. The highest BCUT2D eigenvalue weighted by Gasteiger charge is 2.34. The van der Waals surface area contributed by atoms with Gasteiger partial charge in [-0.2, -0.15) is 14.3 Å².